The van der Waals surface area contributed by atoms with Crippen LogP contribution in [0.1, 0.15) is 29.8 Å². The molecule has 2 aromatic carbocycles. The van der Waals surface area contributed by atoms with E-state index in [1.165, 1.54) is 13.8 Å². The molecule has 0 saturated carbocycles. The fraction of sp³-hybridized carbons (Fsp3) is 0.250. The highest BCUT2D eigenvalue weighted by atomic mass is 35.5. The Balaban J connectivity index is 2.02. The van der Waals surface area contributed by atoms with Gasteiger partial charge in [-0.25, -0.2) is 9.59 Å². The molecule has 0 aliphatic rings. The zero-order valence-electron chi connectivity index (χ0n) is 15.5. The van der Waals surface area contributed by atoms with Crippen LogP contribution in [0.5, 0.6) is 5.75 Å². The average molecular weight is 407 g/mol. The van der Waals surface area contributed by atoms with Crippen molar-refractivity contribution < 1.29 is 34.7 Å². The first kappa shape index (κ1) is 21.4. The lowest BCUT2D eigenvalue weighted by molar-refractivity contribution is -0.413. The SMILES string of the molecule is CC(C)(Oc1ccc(C(=O)c2ccc(Cl)cc2)cc1)C(=O)OC[C@H]([NH3+])C(=O)O. The van der Waals surface area contributed by atoms with Crippen molar-refractivity contribution >= 4 is 29.3 Å². The summed E-state index contributed by atoms with van der Waals surface area (Å²) in [6, 6.07) is 11.8. The minimum Gasteiger partial charge on any atom is -0.477 e. The molecule has 1 atom stereocenters. The predicted octanol–water partition coefficient (Wildman–Crippen LogP) is 1.97. The molecule has 0 radical (unpaired) electrons. The molecule has 0 aliphatic heterocycles. The highest BCUT2D eigenvalue weighted by Crippen LogP contribution is 2.22. The summed E-state index contributed by atoms with van der Waals surface area (Å²) in [5, 5.41) is 9.32. The Morgan fingerprint density at radius 2 is 1.54 bits per heavy atom. The first-order valence-electron chi connectivity index (χ1n) is 8.42. The second kappa shape index (κ2) is 8.86. The Bertz CT molecular complexity index is 861. The number of carbonyl (C=O) groups excluding carboxylic acids is 2. The molecule has 7 nitrogen and oxygen atoms in total. The van der Waals surface area contributed by atoms with Crippen molar-refractivity contribution in [3.05, 3.63) is 64.7 Å². The molecule has 0 unspecified atom stereocenters. The zero-order chi connectivity index (χ0) is 20.9. The standard InChI is InChI=1S/C20H20ClNO6/c1-20(2,19(26)27-11-16(22)18(24)25)28-15-9-5-13(6-10-15)17(23)12-3-7-14(21)8-4-12/h3-10,16H,11,22H2,1-2H3,(H,24,25)/p+1/t16-/m0/s1. The average Bonchev–Trinajstić information content (AvgIpc) is 2.66. The van der Waals surface area contributed by atoms with E-state index >= 15 is 0 Å². The molecule has 0 bridgehead atoms. The monoisotopic (exact) mass is 406 g/mol. The number of halogens is 1. The van der Waals surface area contributed by atoms with E-state index in [0.717, 1.165) is 0 Å². The Hall–Kier alpha value is -2.90. The third kappa shape index (κ3) is 5.55. The van der Waals surface area contributed by atoms with Gasteiger partial charge in [0.05, 0.1) is 0 Å². The Morgan fingerprint density at radius 3 is 2.04 bits per heavy atom. The topological polar surface area (TPSA) is 118 Å². The van der Waals surface area contributed by atoms with Crippen molar-refractivity contribution in [1.82, 2.24) is 0 Å². The number of hydrogen-bond donors (Lipinski definition) is 2. The van der Waals surface area contributed by atoms with E-state index in [1.807, 2.05) is 0 Å². The summed E-state index contributed by atoms with van der Waals surface area (Å²) in [6.07, 6.45) is 0. The van der Waals surface area contributed by atoms with Gasteiger partial charge in [-0.1, -0.05) is 11.6 Å². The predicted molar refractivity (Wildman–Crippen MR) is 101 cm³/mol. The fourth-order valence-corrected chi connectivity index (χ4v) is 2.33. The van der Waals surface area contributed by atoms with Crippen LogP contribution in [0.25, 0.3) is 0 Å². The van der Waals surface area contributed by atoms with Crippen LogP contribution >= 0.6 is 11.6 Å². The number of hydrogen-bond acceptors (Lipinski definition) is 5. The molecular weight excluding hydrogens is 386 g/mol. The molecule has 0 aromatic heterocycles. The lowest BCUT2D eigenvalue weighted by Gasteiger charge is -2.24. The molecule has 4 N–H and O–H groups in total. The van der Waals surface area contributed by atoms with E-state index in [9.17, 15) is 14.4 Å². The zero-order valence-corrected chi connectivity index (χ0v) is 16.2. The van der Waals surface area contributed by atoms with Gasteiger partial charge >= 0.3 is 11.9 Å². The first-order valence-corrected chi connectivity index (χ1v) is 8.80. The van der Waals surface area contributed by atoms with Gasteiger partial charge in [0.25, 0.3) is 0 Å². The third-order valence-electron chi connectivity index (χ3n) is 3.85. The maximum atomic E-state index is 12.5. The molecule has 0 heterocycles. The Morgan fingerprint density at radius 1 is 1.04 bits per heavy atom. The van der Waals surface area contributed by atoms with Crippen molar-refractivity contribution in [2.24, 2.45) is 0 Å². The molecular formula is C20H21ClNO6+. The van der Waals surface area contributed by atoms with Crippen molar-refractivity contribution in [1.29, 1.82) is 0 Å². The minimum atomic E-state index is -1.35. The Kier molecular flexibility index (Phi) is 6.77. The van der Waals surface area contributed by atoms with Crippen LogP contribution in [0.2, 0.25) is 5.02 Å². The normalized spacial score (nSPS) is 12.1. The Labute approximate surface area is 167 Å². The smallest absolute Gasteiger partial charge is 0.366 e. The van der Waals surface area contributed by atoms with Gasteiger partial charge < -0.3 is 20.3 Å². The van der Waals surface area contributed by atoms with Gasteiger partial charge in [-0.15, -0.1) is 0 Å². The first-order chi connectivity index (χ1) is 13.1. The van der Waals surface area contributed by atoms with Crippen LogP contribution in [0.3, 0.4) is 0 Å². The van der Waals surface area contributed by atoms with Gasteiger partial charge in [0, 0.05) is 16.1 Å². The number of benzene rings is 2. The summed E-state index contributed by atoms with van der Waals surface area (Å²) < 4.78 is 10.6. The number of esters is 1. The van der Waals surface area contributed by atoms with E-state index in [0.29, 0.717) is 21.9 Å². The molecule has 0 aliphatic carbocycles. The quantitative estimate of drug-likeness (QED) is 0.511. The van der Waals surface area contributed by atoms with E-state index in [-0.39, 0.29) is 12.4 Å². The summed E-state index contributed by atoms with van der Waals surface area (Å²) in [5.74, 6) is -1.69. The van der Waals surface area contributed by atoms with Gasteiger partial charge in [-0.3, -0.25) is 4.79 Å². The molecule has 2 aromatic rings. The fourth-order valence-electron chi connectivity index (χ4n) is 2.20. The summed E-state index contributed by atoms with van der Waals surface area (Å²) in [4.78, 5) is 35.3. The van der Waals surface area contributed by atoms with Crippen molar-refractivity contribution in [3.63, 3.8) is 0 Å². The number of ether oxygens (including phenoxy) is 2. The molecule has 2 rings (SSSR count). The maximum Gasteiger partial charge on any atom is 0.366 e. The summed E-state index contributed by atoms with van der Waals surface area (Å²) >= 11 is 5.83. The van der Waals surface area contributed by atoms with Gasteiger partial charge in [-0.2, -0.15) is 0 Å². The van der Waals surface area contributed by atoms with Crippen LogP contribution in [-0.4, -0.2) is 41.1 Å². The number of carboxylic acids is 1. The van der Waals surface area contributed by atoms with Gasteiger partial charge in [0.15, 0.2) is 18.0 Å². The maximum absolute atomic E-state index is 12.5. The second-order valence-electron chi connectivity index (χ2n) is 6.61. The second-order valence-corrected chi connectivity index (χ2v) is 7.04. The van der Waals surface area contributed by atoms with Gasteiger partial charge in [0.1, 0.15) is 5.75 Å². The number of aliphatic carboxylic acids is 1. The number of rotatable bonds is 8. The van der Waals surface area contributed by atoms with Crippen LogP contribution < -0.4 is 10.5 Å². The van der Waals surface area contributed by atoms with Crippen LogP contribution in [0, 0.1) is 0 Å². The van der Waals surface area contributed by atoms with Crippen molar-refractivity contribution in [2.45, 2.75) is 25.5 Å². The molecule has 28 heavy (non-hydrogen) atoms. The summed E-state index contributed by atoms with van der Waals surface area (Å²) in [7, 11) is 0. The number of quaternary nitrogens is 1. The van der Waals surface area contributed by atoms with Gasteiger partial charge in [0.2, 0.25) is 6.04 Å². The lowest BCUT2D eigenvalue weighted by atomic mass is 10.0. The van der Waals surface area contributed by atoms with E-state index in [2.05, 4.69) is 5.73 Å². The third-order valence-corrected chi connectivity index (χ3v) is 4.10. The summed E-state index contributed by atoms with van der Waals surface area (Å²) in [5.41, 5.74) is 2.99. The lowest BCUT2D eigenvalue weighted by Crippen LogP contribution is -2.67. The van der Waals surface area contributed by atoms with Crippen LogP contribution in [0.4, 0.5) is 0 Å². The molecule has 148 valence electrons. The number of carbonyl (C=O) groups is 3. The summed E-state index contributed by atoms with van der Waals surface area (Å²) in [6.45, 7) is 2.65. The highest BCUT2D eigenvalue weighted by molar-refractivity contribution is 6.30. The molecule has 0 fully saturated rings. The molecule has 8 heteroatoms. The van der Waals surface area contributed by atoms with E-state index in [4.69, 9.17) is 26.2 Å². The molecule has 0 spiro atoms. The largest absolute Gasteiger partial charge is 0.477 e. The van der Waals surface area contributed by atoms with Crippen molar-refractivity contribution in [3.8, 4) is 5.75 Å². The molecule has 0 amide bonds. The van der Waals surface area contributed by atoms with Crippen LogP contribution in [0.15, 0.2) is 48.5 Å². The van der Waals surface area contributed by atoms with E-state index < -0.39 is 23.6 Å². The minimum absolute atomic E-state index is 0.169. The number of carboxylic acid groups (broad SMARTS) is 1. The van der Waals surface area contributed by atoms with Crippen LogP contribution in [-0.2, 0) is 14.3 Å². The highest BCUT2D eigenvalue weighted by Gasteiger charge is 2.33. The van der Waals surface area contributed by atoms with E-state index in [1.54, 1.807) is 48.5 Å². The van der Waals surface area contributed by atoms with Gasteiger partial charge in [-0.05, 0) is 62.4 Å². The molecule has 0 saturated heterocycles. The number of ketones is 1. The van der Waals surface area contributed by atoms with Crippen molar-refractivity contribution in [2.75, 3.05) is 6.61 Å².